The van der Waals surface area contributed by atoms with Crippen molar-refractivity contribution in [3.05, 3.63) is 11.4 Å². The van der Waals surface area contributed by atoms with Gasteiger partial charge in [-0.05, 0) is 19.8 Å². The number of hydrogen-bond donors (Lipinski definition) is 2. The molecule has 0 aromatic carbocycles. The smallest absolute Gasteiger partial charge is 0.236 e. The average Bonchev–Trinajstić information content (AvgIpc) is 2.38. The number of nitrogens with zero attached hydrogens (tertiary/aromatic N) is 3. The molecule has 0 radical (unpaired) electrons. The molecular weight excluding hydrogens is 254 g/mol. The first-order chi connectivity index (χ1) is 9.49. The maximum atomic E-state index is 11.1. The fourth-order valence-electron chi connectivity index (χ4n) is 1.98. The highest BCUT2D eigenvalue weighted by Crippen LogP contribution is 2.23. The van der Waals surface area contributed by atoms with E-state index in [1.165, 1.54) is 0 Å². The summed E-state index contributed by atoms with van der Waals surface area (Å²) in [6, 6.07) is 0. The van der Waals surface area contributed by atoms with E-state index in [-0.39, 0.29) is 12.5 Å². The molecule has 20 heavy (non-hydrogen) atoms. The Morgan fingerprint density at radius 2 is 2.00 bits per heavy atom. The van der Waals surface area contributed by atoms with Gasteiger partial charge in [0.1, 0.15) is 17.5 Å². The van der Waals surface area contributed by atoms with Crippen LogP contribution in [0.3, 0.4) is 0 Å². The second-order valence-corrected chi connectivity index (χ2v) is 4.94. The molecule has 112 valence electrons. The number of anilines is 2. The van der Waals surface area contributed by atoms with Crippen molar-refractivity contribution >= 4 is 17.5 Å². The molecule has 0 aliphatic rings. The Morgan fingerprint density at radius 1 is 1.30 bits per heavy atom. The first-order valence-corrected chi connectivity index (χ1v) is 7.10. The lowest BCUT2D eigenvalue weighted by Crippen LogP contribution is -2.32. The fourth-order valence-corrected chi connectivity index (χ4v) is 1.98. The molecule has 0 atom stereocenters. The van der Waals surface area contributed by atoms with Gasteiger partial charge in [-0.1, -0.05) is 13.8 Å². The van der Waals surface area contributed by atoms with Crippen LogP contribution >= 0.6 is 0 Å². The van der Waals surface area contributed by atoms with Gasteiger partial charge in [0.2, 0.25) is 5.91 Å². The molecule has 3 N–H and O–H groups in total. The van der Waals surface area contributed by atoms with Crippen LogP contribution in [0.1, 0.15) is 38.1 Å². The molecule has 1 amide bonds. The predicted molar refractivity (Wildman–Crippen MR) is 82.0 cm³/mol. The summed E-state index contributed by atoms with van der Waals surface area (Å²) in [6.45, 7) is 7.17. The minimum Gasteiger partial charge on any atom is -0.370 e. The van der Waals surface area contributed by atoms with Crippen molar-refractivity contribution in [1.29, 1.82) is 0 Å². The monoisotopic (exact) mass is 279 g/mol. The lowest BCUT2D eigenvalue weighted by molar-refractivity contribution is -0.116. The zero-order valence-electron chi connectivity index (χ0n) is 12.9. The summed E-state index contributed by atoms with van der Waals surface area (Å²) >= 11 is 0. The largest absolute Gasteiger partial charge is 0.370 e. The van der Waals surface area contributed by atoms with Crippen LogP contribution in [0.2, 0.25) is 0 Å². The zero-order chi connectivity index (χ0) is 15.1. The van der Waals surface area contributed by atoms with Crippen LogP contribution in [-0.4, -0.2) is 36.0 Å². The minimum atomic E-state index is -0.370. The van der Waals surface area contributed by atoms with E-state index in [1.54, 1.807) is 4.90 Å². The molecule has 0 aliphatic heterocycles. The van der Waals surface area contributed by atoms with Gasteiger partial charge in [0.05, 0.1) is 6.54 Å². The molecule has 0 bridgehead atoms. The first kappa shape index (κ1) is 16.2. The van der Waals surface area contributed by atoms with Crippen LogP contribution in [0.25, 0.3) is 0 Å². The Morgan fingerprint density at radius 3 is 2.55 bits per heavy atom. The molecule has 0 fully saturated rings. The van der Waals surface area contributed by atoms with E-state index in [2.05, 4.69) is 29.1 Å². The number of aryl methyl sites for hydroxylation is 1. The number of nitrogens with one attached hydrogen (secondary N) is 1. The standard InChI is InChI=1S/C14H25N5O/c1-5-7-12-17-13(16-8-6-2)10(3)14(18-12)19(4)9-11(15)20/h5-9H2,1-4H3,(H2,15,20)(H,16,17,18). The van der Waals surface area contributed by atoms with Gasteiger partial charge in [-0.25, -0.2) is 9.97 Å². The molecule has 0 saturated carbocycles. The Labute approximate surface area is 120 Å². The van der Waals surface area contributed by atoms with Gasteiger partial charge < -0.3 is 16.0 Å². The number of amides is 1. The van der Waals surface area contributed by atoms with Crippen molar-refractivity contribution in [3.63, 3.8) is 0 Å². The van der Waals surface area contributed by atoms with E-state index in [0.29, 0.717) is 0 Å². The third-order valence-corrected chi connectivity index (χ3v) is 2.94. The van der Waals surface area contributed by atoms with Crippen LogP contribution < -0.4 is 16.0 Å². The SMILES string of the molecule is CCCNc1nc(CCC)nc(N(C)CC(N)=O)c1C. The fraction of sp³-hybridized carbons (Fsp3) is 0.643. The minimum absolute atomic E-state index is 0.149. The highest BCUT2D eigenvalue weighted by atomic mass is 16.1. The van der Waals surface area contributed by atoms with Crippen molar-refractivity contribution in [2.75, 3.05) is 30.4 Å². The van der Waals surface area contributed by atoms with Gasteiger partial charge in [0, 0.05) is 25.6 Å². The topological polar surface area (TPSA) is 84.1 Å². The van der Waals surface area contributed by atoms with E-state index in [4.69, 9.17) is 5.73 Å². The van der Waals surface area contributed by atoms with Crippen LogP contribution in [0.4, 0.5) is 11.6 Å². The van der Waals surface area contributed by atoms with Gasteiger partial charge in [-0.3, -0.25) is 4.79 Å². The van der Waals surface area contributed by atoms with Crippen molar-refractivity contribution < 1.29 is 4.79 Å². The van der Waals surface area contributed by atoms with Crippen LogP contribution in [-0.2, 0) is 11.2 Å². The van der Waals surface area contributed by atoms with Crippen molar-refractivity contribution in [2.24, 2.45) is 5.73 Å². The Kier molecular flexibility index (Phi) is 6.21. The van der Waals surface area contributed by atoms with Crippen molar-refractivity contribution in [3.8, 4) is 0 Å². The van der Waals surface area contributed by atoms with Crippen molar-refractivity contribution in [1.82, 2.24) is 9.97 Å². The number of carbonyl (C=O) groups is 1. The van der Waals surface area contributed by atoms with Crippen LogP contribution in [0, 0.1) is 6.92 Å². The number of nitrogens with two attached hydrogens (primary N) is 1. The summed E-state index contributed by atoms with van der Waals surface area (Å²) in [4.78, 5) is 22.0. The van der Waals surface area contributed by atoms with Gasteiger partial charge in [-0.15, -0.1) is 0 Å². The molecule has 6 heteroatoms. The number of carbonyl (C=O) groups excluding carboxylic acids is 1. The molecule has 6 nitrogen and oxygen atoms in total. The lowest BCUT2D eigenvalue weighted by Gasteiger charge is -2.21. The Bertz CT molecular complexity index is 461. The van der Waals surface area contributed by atoms with Crippen LogP contribution in [0.15, 0.2) is 0 Å². The van der Waals surface area contributed by atoms with Crippen LogP contribution in [0.5, 0.6) is 0 Å². The summed E-state index contributed by atoms with van der Waals surface area (Å²) in [6.07, 6.45) is 2.83. The molecule has 0 spiro atoms. The van der Waals surface area contributed by atoms with E-state index in [9.17, 15) is 4.79 Å². The Balaban J connectivity index is 3.12. The highest BCUT2D eigenvalue weighted by Gasteiger charge is 2.15. The molecule has 1 rings (SSSR count). The number of likely N-dealkylation sites (N-methyl/N-ethyl adjacent to an activating group) is 1. The third-order valence-electron chi connectivity index (χ3n) is 2.94. The summed E-state index contributed by atoms with van der Waals surface area (Å²) in [5.41, 5.74) is 6.20. The number of rotatable bonds is 8. The predicted octanol–water partition coefficient (Wildman–Crippen LogP) is 1.48. The summed E-state index contributed by atoms with van der Waals surface area (Å²) < 4.78 is 0. The summed E-state index contributed by atoms with van der Waals surface area (Å²) in [7, 11) is 1.82. The molecule has 0 unspecified atom stereocenters. The average molecular weight is 279 g/mol. The molecular formula is C14H25N5O. The van der Waals surface area contributed by atoms with Gasteiger partial charge in [-0.2, -0.15) is 0 Å². The van der Waals surface area contributed by atoms with Gasteiger partial charge >= 0.3 is 0 Å². The van der Waals surface area contributed by atoms with Gasteiger partial charge in [0.25, 0.3) is 0 Å². The highest BCUT2D eigenvalue weighted by molar-refractivity contribution is 5.79. The normalized spacial score (nSPS) is 10.4. The van der Waals surface area contributed by atoms with E-state index >= 15 is 0 Å². The van der Waals surface area contributed by atoms with Gasteiger partial charge in [0.15, 0.2) is 0 Å². The number of primary amides is 1. The lowest BCUT2D eigenvalue weighted by atomic mass is 10.2. The van der Waals surface area contributed by atoms with E-state index in [0.717, 1.165) is 48.8 Å². The maximum absolute atomic E-state index is 11.1. The summed E-state index contributed by atoms with van der Waals surface area (Å²) in [5, 5.41) is 3.32. The second kappa shape index (κ2) is 7.67. The molecule has 0 aliphatic carbocycles. The first-order valence-electron chi connectivity index (χ1n) is 7.10. The number of aromatic nitrogens is 2. The molecule has 1 heterocycles. The molecule has 1 aromatic rings. The summed E-state index contributed by atoms with van der Waals surface area (Å²) in [5.74, 6) is 2.03. The van der Waals surface area contributed by atoms with E-state index < -0.39 is 0 Å². The van der Waals surface area contributed by atoms with E-state index in [1.807, 2.05) is 14.0 Å². The number of hydrogen-bond acceptors (Lipinski definition) is 5. The molecule has 0 saturated heterocycles. The van der Waals surface area contributed by atoms with Crippen molar-refractivity contribution in [2.45, 2.75) is 40.0 Å². The Hall–Kier alpha value is -1.85. The zero-order valence-corrected chi connectivity index (χ0v) is 12.9. The quantitative estimate of drug-likeness (QED) is 0.753. The molecule has 1 aromatic heterocycles. The second-order valence-electron chi connectivity index (χ2n) is 4.94. The maximum Gasteiger partial charge on any atom is 0.236 e. The third kappa shape index (κ3) is 4.36.